The largest absolute Gasteiger partial charge is 0.478 e. The molecule has 19 heavy (non-hydrogen) atoms. The average Bonchev–Trinajstić information content (AvgIpc) is 2.19. The molecule has 104 valence electrons. The molecule has 1 aromatic carbocycles. The summed E-state index contributed by atoms with van der Waals surface area (Å²) < 4.78 is 0.618. The number of carboxylic acid groups (broad SMARTS) is 1. The number of nitrogens with one attached hydrogen (secondary N) is 1. The molecule has 1 rings (SSSR count). The van der Waals surface area contributed by atoms with E-state index in [1.165, 1.54) is 12.1 Å². The van der Waals surface area contributed by atoms with Crippen LogP contribution in [0.1, 0.15) is 30.6 Å². The van der Waals surface area contributed by atoms with Crippen LogP contribution in [0.2, 0.25) is 0 Å². The summed E-state index contributed by atoms with van der Waals surface area (Å²) in [6.07, 6.45) is 0.117. The fourth-order valence-corrected chi connectivity index (χ4v) is 2.17. The van der Waals surface area contributed by atoms with Crippen LogP contribution in [0.3, 0.4) is 0 Å². The van der Waals surface area contributed by atoms with Crippen molar-refractivity contribution in [1.82, 2.24) is 0 Å². The van der Waals surface area contributed by atoms with Gasteiger partial charge in [0.1, 0.15) is 0 Å². The number of carbonyl (C=O) groups excluding carboxylic acids is 1. The van der Waals surface area contributed by atoms with E-state index < -0.39 is 17.4 Å². The number of anilines is 2. The Labute approximate surface area is 119 Å². The van der Waals surface area contributed by atoms with E-state index in [1.807, 2.05) is 0 Å². The van der Waals surface area contributed by atoms with Gasteiger partial charge in [0.25, 0.3) is 0 Å². The molecule has 6 nitrogen and oxygen atoms in total. The molecule has 0 fully saturated rings. The van der Waals surface area contributed by atoms with Gasteiger partial charge in [-0.25, -0.2) is 4.79 Å². The van der Waals surface area contributed by atoms with E-state index in [1.54, 1.807) is 13.8 Å². The van der Waals surface area contributed by atoms with Crippen LogP contribution in [-0.2, 0) is 4.79 Å². The van der Waals surface area contributed by atoms with Crippen LogP contribution < -0.4 is 16.8 Å². The zero-order valence-corrected chi connectivity index (χ0v) is 12.2. The van der Waals surface area contributed by atoms with E-state index in [4.69, 9.17) is 16.6 Å². The quantitative estimate of drug-likeness (QED) is 0.614. The van der Waals surface area contributed by atoms with Crippen molar-refractivity contribution in [3.63, 3.8) is 0 Å². The van der Waals surface area contributed by atoms with E-state index in [0.717, 1.165) is 0 Å². The van der Waals surface area contributed by atoms with Crippen LogP contribution in [0, 0.1) is 0 Å². The Morgan fingerprint density at radius 2 is 2.00 bits per heavy atom. The number of aromatic carboxylic acids is 1. The van der Waals surface area contributed by atoms with Gasteiger partial charge < -0.3 is 21.9 Å². The van der Waals surface area contributed by atoms with E-state index in [-0.39, 0.29) is 17.7 Å². The number of hydrogen-bond acceptors (Lipinski definition) is 4. The molecule has 0 aliphatic carbocycles. The minimum atomic E-state index is -1.11. The summed E-state index contributed by atoms with van der Waals surface area (Å²) in [5.41, 5.74) is 10.9. The highest BCUT2D eigenvalue weighted by Crippen LogP contribution is 2.31. The third-order valence-electron chi connectivity index (χ3n) is 2.46. The van der Waals surface area contributed by atoms with E-state index >= 15 is 0 Å². The predicted octanol–water partition coefficient (Wildman–Crippen LogP) is 1.80. The number of nitrogen functional groups attached to an aromatic ring is 1. The van der Waals surface area contributed by atoms with Crippen LogP contribution in [0.15, 0.2) is 16.6 Å². The molecule has 7 heteroatoms. The van der Waals surface area contributed by atoms with Crippen molar-refractivity contribution in [2.75, 3.05) is 11.1 Å². The fraction of sp³-hybridized carbons (Fsp3) is 0.333. The number of halogens is 1. The highest BCUT2D eigenvalue weighted by atomic mass is 79.9. The van der Waals surface area contributed by atoms with Gasteiger partial charge in [-0.1, -0.05) is 0 Å². The van der Waals surface area contributed by atoms with Crippen molar-refractivity contribution in [3.05, 3.63) is 22.2 Å². The van der Waals surface area contributed by atoms with E-state index in [9.17, 15) is 9.59 Å². The molecule has 0 saturated carbocycles. The maximum absolute atomic E-state index is 11.0. The predicted molar refractivity (Wildman–Crippen MR) is 77.0 cm³/mol. The Morgan fingerprint density at radius 3 is 2.47 bits per heavy atom. The lowest BCUT2D eigenvalue weighted by Gasteiger charge is -2.27. The minimum absolute atomic E-state index is 0.000532. The Hall–Kier alpha value is -1.76. The Kier molecular flexibility index (Phi) is 4.41. The Balaban J connectivity index is 3.11. The third kappa shape index (κ3) is 4.13. The van der Waals surface area contributed by atoms with E-state index in [0.29, 0.717) is 10.2 Å². The highest BCUT2D eigenvalue weighted by molar-refractivity contribution is 9.10. The summed E-state index contributed by atoms with van der Waals surface area (Å²) >= 11 is 3.30. The summed E-state index contributed by atoms with van der Waals surface area (Å²) in [4.78, 5) is 22.0. The molecule has 1 amide bonds. The van der Waals surface area contributed by atoms with Gasteiger partial charge in [-0.15, -0.1) is 0 Å². The number of hydrogen-bond donors (Lipinski definition) is 4. The lowest BCUT2D eigenvalue weighted by molar-refractivity contribution is -0.118. The second kappa shape index (κ2) is 5.48. The maximum Gasteiger partial charge on any atom is 0.337 e. The van der Waals surface area contributed by atoms with Gasteiger partial charge in [0.15, 0.2) is 0 Å². The molecule has 1 aromatic rings. The van der Waals surface area contributed by atoms with Gasteiger partial charge in [-0.2, -0.15) is 0 Å². The minimum Gasteiger partial charge on any atom is -0.478 e. The molecule has 0 aromatic heterocycles. The average molecular weight is 330 g/mol. The normalized spacial score (nSPS) is 11.1. The van der Waals surface area contributed by atoms with Crippen molar-refractivity contribution >= 4 is 39.2 Å². The molecule has 0 aliphatic heterocycles. The molecule has 0 heterocycles. The zero-order valence-electron chi connectivity index (χ0n) is 10.7. The van der Waals surface area contributed by atoms with Gasteiger partial charge in [0.2, 0.25) is 5.91 Å². The number of amides is 1. The second-order valence-electron chi connectivity index (χ2n) is 4.88. The molecule has 0 spiro atoms. The Bertz CT molecular complexity index is 529. The highest BCUT2D eigenvalue weighted by Gasteiger charge is 2.22. The van der Waals surface area contributed by atoms with Gasteiger partial charge in [-0.3, -0.25) is 4.79 Å². The summed E-state index contributed by atoms with van der Waals surface area (Å²) in [6, 6.07) is 2.93. The number of primary amides is 1. The van der Waals surface area contributed by atoms with Crippen molar-refractivity contribution < 1.29 is 14.7 Å². The first-order chi connectivity index (χ1) is 8.62. The van der Waals surface area contributed by atoms with Crippen LogP contribution in [0.5, 0.6) is 0 Å². The molecular formula is C12H16BrN3O3. The van der Waals surface area contributed by atoms with Crippen molar-refractivity contribution in [1.29, 1.82) is 0 Å². The Morgan fingerprint density at radius 1 is 1.42 bits per heavy atom. The van der Waals surface area contributed by atoms with E-state index in [2.05, 4.69) is 21.2 Å². The molecule has 0 saturated heterocycles. The summed E-state index contributed by atoms with van der Waals surface area (Å²) in [5.74, 6) is -1.55. The monoisotopic (exact) mass is 329 g/mol. The number of benzene rings is 1. The zero-order chi connectivity index (χ0) is 14.8. The van der Waals surface area contributed by atoms with Gasteiger partial charge in [0.05, 0.1) is 5.56 Å². The standard InChI is InChI=1S/C12H16BrN3O3/c1-12(2,5-10(15)17)16-9-3-6(11(18)19)8(14)4-7(9)13/h3-4,16H,5,14H2,1-2H3,(H2,15,17)(H,18,19). The van der Waals surface area contributed by atoms with Crippen molar-refractivity contribution in [2.24, 2.45) is 5.73 Å². The molecule has 0 aliphatic rings. The number of rotatable bonds is 5. The molecule has 0 atom stereocenters. The van der Waals surface area contributed by atoms with Gasteiger partial charge in [-0.05, 0) is 41.9 Å². The lowest BCUT2D eigenvalue weighted by atomic mass is 9.99. The van der Waals surface area contributed by atoms with Crippen molar-refractivity contribution in [2.45, 2.75) is 25.8 Å². The van der Waals surface area contributed by atoms with Gasteiger partial charge >= 0.3 is 5.97 Å². The van der Waals surface area contributed by atoms with Crippen LogP contribution >= 0.6 is 15.9 Å². The third-order valence-corrected chi connectivity index (χ3v) is 3.11. The first kappa shape index (κ1) is 15.3. The maximum atomic E-state index is 11.0. The summed E-state index contributed by atoms with van der Waals surface area (Å²) in [5, 5.41) is 12.1. The summed E-state index contributed by atoms with van der Waals surface area (Å²) in [6.45, 7) is 3.59. The molecule has 0 unspecified atom stereocenters. The topological polar surface area (TPSA) is 118 Å². The lowest BCUT2D eigenvalue weighted by Crippen LogP contribution is -2.36. The van der Waals surface area contributed by atoms with Crippen LogP contribution in [0.4, 0.5) is 11.4 Å². The smallest absolute Gasteiger partial charge is 0.337 e. The molecule has 0 radical (unpaired) electrons. The summed E-state index contributed by atoms with van der Waals surface area (Å²) in [7, 11) is 0. The van der Waals surface area contributed by atoms with Crippen LogP contribution in [0.25, 0.3) is 0 Å². The molecule has 6 N–H and O–H groups in total. The number of carboxylic acids is 1. The second-order valence-corrected chi connectivity index (χ2v) is 5.73. The fourth-order valence-electron chi connectivity index (χ4n) is 1.71. The molecule has 0 bridgehead atoms. The van der Waals surface area contributed by atoms with Gasteiger partial charge in [0, 0.05) is 27.8 Å². The molecular weight excluding hydrogens is 314 g/mol. The van der Waals surface area contributed by atoms with Crippen molar-refractivity contribution in [3.8, 4) is 0 Å². The number of nitrogens with two attached hydrogens (primary N) is 2. The van der Waals surface area contributed by atoms with Crippen LogP contribution in [-0.4, -0.2) is 22.5 Å². The number of carbonyl (C=O) groups is 2. The SMILES string of the molecule is CC(C)(CC(N)=O)Nc1cc(C(=O)O)c(N)cc1Br. The first-order valence-electron chi connectivity index (χ1n) is 5.51. The first-order valence-corrected chi connectivity index (χ1v) is 6.30.